The molecule has 1 aromatic rings. The van der Waals surface area contributed by atoms with Gasteiger partial charge in [-0.1, -0.05) is 43.2 Å². The lowest BCUT2D eigenvalue weighted by Crippen LogP contribution is -2.52. The Morgan fingerprint density at radius 3 is 2.59 bits per heavy atom. The van der Waals surface area contributed by atoms with Gasteiger partial charge in [0.2, 0.25) is 5.91 Å². The van der Waals surface area contributed by atoms with Gasteiger partial charge >= 0.3 is 0 Å². The van der Waals surface area contributed by atoms with Crippen LogP contribution in [0.2, 0.25) is 0 Å². The van der Waals surface area contributed by atoms with Crippen LogP contribution in [-0.4, -0.2) is 24.5 Å². The average Bonchev–Trinajstić information content (AvgIpc) is 3.00. The summed E-state index contributed by atoms with van der Waals surface area (Å²) in [5.74, 6) is 0.117. The van der Waals surface area contributed by atoms with Crippen molar-refractivity contribution in [3.8, 4) is 0 Å². The summed E-state index contributed by atoms with van der Waals surface area (Å²) in [6, 6.07) is 10.8. The summed E-state index contributed by atoms with van der Waals surface area (Å²) in [6.45, 7) is 3.49. The number of nitrogens with one attached hydrogen (secondary N) is 2. The number of amides is 1. The minimum Gasteiger partial charge on any atom is -0.354 e. The van der Waals surface area contributed by atoms with Crippen LogP contribution in [0.4, 0.5) is 0 Å². The lowest BCUT2D eigenvalue weighted by atomic mass is 9.94. The number of hydrogen-bond acceptors (Lipinski definition) is 3. The molecule has 1 unspecified atom stereocenters. The summed E-state index contributed by atoms with van der Waals surface area (Å²) in [5, 5.41) is 6.88. The summed E-state index contributed by atoms with van der Waals surface area (Å²) in [5.41, 5.74) is 6.79. The predicted octanol–water partition coefficient (Wildman–Crippen LogP) is 2.51. The molecule has 4 N–H and O–H groups in total. The molecule has 1 atom stereocenters. The van der Waals surface area contributed by atoms with E-state index in [0.29, 0.717) is 25.6 Å². The number of rotatable bonds is 8. The molecule has 4 heteroatoms. The quantitative estimate of drug-likeness (QED) is 0.691. The van der Waals surface area contributed by atoms with E-state index in [1.807, 2.05) is 6.07 Å². The van der Waals surface area contributed by atoms with Gasteiger partial charge in [0.15, 0.2) is 0 Å². The van der Waals surface area contributed by atoms with Crippen molar-refractivity contribution in [2.24, 2.45) is 5.73 Å². The van der Waals surface area contributed by atoms with E-state index in [1.165, 1.54) is 18.4 Å². The minimum absolute atomic E-state index is 0.0353. The molecule has 1 amide bonds. The third-order valence-corrected chi connectivity index (χ3v) is 4.61. The van der Waals surface area contributed by atoms with Crippen molar-refractivity contribution in [2.75, 3.05) is 13.1 Å². The van der Waals surface area contributed by atoms with Crippen molar-refractivity contribution in [1.82, 2.24) is 10.6 Å². The fraction of sp³-hybridized carbons (Fsp3) is 0.611. The normalized spacial score (nSPS) is 18.1. The Hall–Kier alpha value is -1.39. The van der Waals surface area contributed by atoms with Gasteiger partial charge in [0.05, 0.1) is 0 Å². The van der Waals surface area contributed by atoms with Gasteiger partial charge in [-0.2, -0.15) is 0 Å². The van der Waals surface area contributed by atoms with Crippen LogP contribution in [0.25, 0.3) is 0 Å². The van der Waals surface area contributed by atoms with E-state index < -0.39 is 0 Å². The van der Waals surface area contributed by atoms with Gasteiger partial charge in [-0.15, -0.1) is 0 Å². The van der Waals surface area contributed by atoms with Crippen LogP contribution >= 0.6 is 0 Å². The molecule has 0 saturated heterocycles. The van der Waals surface area contributed by atoms with Crippen LogP contribution in [0.15, 0.2) is 30.3 Å². The summed E-state index contributed by atoms with van der Waals surface area (Å²) >= 11 is 0. The molecule has 1 aromatic carbocycles. The second-order valence-corrected chi connectivity index (χ2v) is 6.43. The molecule has 122 valence electrons. The first-order valence-corrected chi connectivity index (χ1v) is 8.45. The van der Waals surface area contributed by atoms with Crippen molar-refractivity contribution in [2.45, 2.75) is 57.0 Å². The first kappa shape index (κ1) is 17.0. The number of hydrogen-bond donors (Lipinski definition) is 3. The number of benzene rings is 1. The van der Waals surface area contributed by atoms with Gasteiger partial charge in [-0.05, 0) is 38.3 Å². The van der Waals surface area contributed by atoms with Crippen LogP contribution in [0.5, 0.6) is 0 Å². The highest BCUT2D eigenvalue weighted by Gasteiger charge is 2.35. The molecule has 1 aliphatic carbocycles. The van der Waals surface area contributed by atoms with Crippen LogP contribution < -0.4 is 16.4 Å². The van der Waals surface area contributed by atoms with Gasteiger partial charge < -0.3 is 16.4 Å². The Morgan fingerprint density at radius 1 is 1.27 bits per heavy atom. The molecule has 22 heavy (non-hydrogen) atoms. The Labute approximate surface area is 133 Å². The number of carbonyl (C=O) groups is 1. The third-order valence-electron chi connectivity index (χ3n) is 4.61. The monoisotopic (exact) mass is 303 g/mol. The van der Waals surface area contributed by atoms with E-state index in [0.717, 1.165) is 19.3 Å². The second kappa shape index (κ2) is 8.30. The van der Waals surface area contributed by atoms with Gasteiger partial charge in [-0.3, -0.25) is 4.79 Å². The van der Waals surface area contributed by atoms with Crippen molar-refractivity contribution in [3.05, 3.63) is 35.9 Å². The maximum absolute atomic E-state index is 11.9. The van der Waals surface area contributed by atoms with Crippen molar-refractivity contribution in [1.29, 1.82) is 0 Å². The van der Waals surface area contributed by atoms with E-state index >= 15 is 0 Å². The predicted molar refractivity (Wildman–Crippen MR) is 90.5 cm³/mol. The zero-order chi connectivity index (χ0) is 15.8. The molecule has 0 radical (unpaired) electrons. The lowest BCUT2D eigenvalue weighted by molar-refractivity contribution is -0.121. The van der Waals surface area contributed by atoms with Gasteiger partial charge in [0.1, 0.15) is 0 Å². The van der Waals surface area contributed by atoms with Gasteiger partial charge in [0.25, 0.3) is 0 Å². The number of carbonyl (C=O) groups excluding carboxylic acids is 1. The highest BCUT2D eigenvalue weighted by molar-refractivity contribution is 5.75. The average molecular weight is 303 g/mol. The first-order valence-electron chi connectivity index (χ1n) is 8.45. The zero-order valence-electron chi connectivity index (χ0n) is 13.6. The summed E-state index contributed by atoms with van der Waals surface area (Å²) in [7, 11) is 0. The largest absolute Gasteiger partial charge is 0.354 e. The Morgan fingerprint density at radius 2 is 1.95 bits per heavy atom. The molecule has 0 bridgehead atoms. The zero-order valence-corrected chi connectivity index (χ0v) is 13.6. The molecule has 4 nitrogen and oxygen atoms in total. The molecule has 2 rings (SSSR count). The summed E-state index contributed by atoms with van der Waals surface area (Å²) < 4.78 is 0. The van der Waals surface area contributed by atoms with E-state index in [-0.39, 0.29) is 11.4 Å². The first-order chi connectivity index (χ1) is 10.7. The van der Waals surface area contributed by atoms with Gasteiger partial charge in [0, 0.05) is 24.5 Å². The van der Waals surface area contributed by atoms with Crippen LogP contribution in [-0.2, 0) is 4.79 Å². The molecule has 1 aliphatic rings. The van der Waals surface area contributed by atoms with Gasteiger partial charge in [-0.25, -0.2) is 0 Å². The van der Waals surface area contributed by atoms with E-state index in [4.69, 9.17) is 5.73 Å². The Kier molecular flexibility index (Phi) is 6.40. The smallest absolute Gasteiger partial charge is 0.220 e. The van der Waals surface area contributed by atoms with Crippen molar-refractivity contribution in [3.63, 3.8) is 0 Å². The maximum atomic E-state index is 11.9. The third kappa shape index (κ3) is 4.82. The van der Waals surface area contributed by atoms with E-state index in [9.17, 15) is 4.79 Å². The second-order valence-electron chi connectivity index (χ2n) is 6.43. The standard InChI is InChI=1S/C18H29N3O/c1-15(16-8-3-2-4-9-16)21-18(11-5-6-12-18)14-20-17(22)10-7-13-19/h2-4,8-9,15,21H,5-7,10-14,19H2,1H3,(H,20,22). The topological polar surface area (TPSA) is 67.1 Å². The SMILES string of the molecule is CC(NC1(CNC(=O)CCCN)CCCC1)c1ccccc1. The lowest BCUT2D eigenvalue weighted by Gasteiger charge is -2.34. The molecular formula is C18H29N3O. The highest BCUT2D eigenvalue weighted by Crippen LogP contribution is 2.31. The minimum atomic E-state index is 0.0353. The van der Waals surface area contributed by atoms with Crippen LogP contribution in [0, 0.1) is 0 Å². The molecule has 0 aromatic heterocycles. The number of nitrogens with two attached hydrogens (primary N) is 1. The van der Waals surface area contributed by atoms with E-state index in [1.54, 1.807) is 0 Å². The fourth-order valence-corrected chi connectivity index (χ4v) is 3.33. The van der Waals surface area contributed by atoms with Crippen molar-refractivity contribution < 1.29 is 4.79 Å². The molecular weight excluding hydrogens is 274 g/mol. The van der Waals surface area contributed by atoms with Crippen LogP contribution in [0.3, 0.4) is 0 Å². The highest BCUT2D eigenvalue weighted by atomic mass is 16.1. The molecule has 0 spiro atoms. The molecule has 0 aliphatic heterocycles. The fourth-order valence-electron chi connectivity index (χ4n) is 3.33. The van der Waals surface area contributed by atoms with E-state index in [2.05, 4.69) is 41.8 Å². The molecule has 0 heterocycles. The molecule has 1 saturated carbocycles. The summed E-state index contributed by atoms with van der Waals surface area (Å²) in [6.07, 6.45) is 6.00. The maximum Gasteiger partial charge on any atom is 0.220 e. The summed E-state index contributed by atoms with van der Waals surface area (Å²) in [4.78, 5) is 11.9. The molecule has 1 fully saturated rings. The van der Waals surface area contributed by atoms with Crippen molar-refractivity contribution >= 4 is 5.91 Å². The Balaban J connectivity index is 1.92. The Bertz CT molecular complexity index is 455. The van der Waals surface area contributed by atoms with Crippen LogP contribution in [0.1, 0.15) is 57.1 Å².